The van der Waals surface area contributed by atoms with Crippen LogP contribution in [0.15, 0.2) is 18.2 Å². The number of aromatic hydroxyl groups is 1. The molecule has 2 unspecified atom stereocenters. The van der Waals surface area contributed by atoms with Crippen LogP contribution in [0.1, 0.15) is 43.7 Å². The fourth-order valence-corrected chi connectivity index (χ4v) is 4.08. The SMILES string of the molecule is CCCC12CCN(C)C(Cc3ccc(O)cc31)C2. The maximum Gasteiger partial charge on any atom is 0.115 e. The number of hydrogen-bond donors (Lipinski definition) is 1. The molecule has 1 aromatic carbocycles. The van der Waals surface area contributed by atoms with Crippen LogP contribution in [0.2, 0.25) is 0 Å². The van der Waals surface area contributed by atoms with Gasteiger partial charge in [-0.2, -0.15) is 0 Å². The van der Waals surface area contributed by atoms with Crippen molar-refractivity contribution in [1.82, 2.24) is 4.90 Å². The standard InChI is InChI=1S/C16H23NO/c1-3-6-16-7-8-17(2)13(11-16)9-12-4-5-14(18)10-15(12)16/h4-5,10,13,18H,3,6-9,11H2,1-2H3. The van der Waals surface area contributed by atoms with E-state index in [4.69, 9.17) is 0 Å². The normalized spacial score (nSPS) is 31.1. The summed E-state index contributed by atoms with van der Waals surface area (Å²) in [6, 6.07) is 6.72. The molecular weight excluding hydrogens is 222 g/mol. The van der Waals surface area contributed by atoms with Crippen molar-refractivity contribution >= 4 is 0 Å². The van der Waals surface area contributed by atoms with E-state index < -0.39 is 0 Å². The van der Waals surface area contributed by atoms with E-state index in [0.717, 1.165) is 6.42 Å². The maximum atomic E-state index is 9.81. The monoisotopic (exact) mass is 245 g/mol. The molecule has 0 aromatic heterocycles. The first-order valence-corrected chi connectivity index (χ1v) is 7.17. The highest BCUT2D eigenvalue weighted by Gasteiger charge is 2.44. The minimum absolute atomic E-state index is 0.332. The fourth-order valence-electron chi connectivity index (χ4n) is 4.08. The van der Waals surface area contributed by atoms with Crippen LogP contribution in [0.5, 0.6) is 5.75 Å². The van der Waals surface area contributed by atoms with Crippen molar-refractivity contribution in [3.05, 3.63) is 29.3 Å². The molecule has 1 heterocycles. The summed E-state index contributed by atoms with van der Waals surface area (Å²) in [6.45, 7) is 3.47. The average Bonchev–Trinajstić information content (AvgIpc) is 2.36. The van der Waals surface area contributed by atoms with Gasteiger partial charge in [0.15, 0.2) is 0 Å². The van der Waals surface area contributed by atoms with Gasteiger partial charge in [0.1, 0.15) is 5.75 Å². The zero-order chi connectivity index (χ0) is 12.8. The van der Waals surface area contributed by atoms with Crippen molar-refractivity contribution in [2.75, 3.05) is 13.6 Å². The third-order valence-corrected chi connectivity index (χ3v) is 5.04. The van der Waals surface area contributed by atoms with Crippen molar-refractivity contribution in [2.45, 2.75) is 50.5 Å². The largest absolute Gasteiger partial charge is 0.508 e. The van der Waals surface area contributed by atoms with Crippen LogP contribution in [0.4, 0.5) is 0 Å². The lowest BCUT2D eigenvalue weighted by atomic mass is 9.62. The van der Waals surface area contributed by atoms with Gasteiger partial charge in [-0.1, -0.05) is 19.4 Å². The first-order chi connectivity index (χ1) is 8.64. The second-order valence-electron chi connectivity index (χ2n) is 6.16. The second kappa shape index (κ2) is 4.27. The van der Waals surface area contributed by atoms with E-state index in [1.165, 1.54) is 43.4 Å². The molecule has 1 aliphatic heterocycles. The van der Waals surface area contributed by atoms with Gasteiger partial charge >= 0.3 is 0 Å². The van der Waals surface area contributed by atoms with Gasteiger partial charge in [-0.3, -0.25) is 0 Å². The summed E-state index contributed by atoms with van der Waals surface area (Å²) in [5.74, 6) is 0.432. The van der Waals surface area contributed by atoms with E-state index >= 15 is 0 Å². The molecule has 2 bridgehead atoms. The summed E-state index contributed by atoms with van der Waals surface area (Å²) in [5.41, 5.74) is 3.23. The molecule has 18 heavy (non-hydrogen) atoms. The quantitative estimate of drug-likeness (QED) is 0.865. The van der Waals surface area contributed by atoms with Crippen LogP contribution in [0, 0.1) is 0 Å². The van der Waals surface area contributed by atoms with Gasteiger partial charge in [0.25, 0.3) is 0 Å². The Kier molecular flexibility index (Phi) is 2.86. The molecule has 2 aliphatic rings. The Morgan fingerprint density at radius 1 is 1.44 bits per heavy atom. The zero-order valence-corrected chi connectivity index (χ0v) is 11.4. The predicted octanol–water partition coefficient (Wildman–Crippen LogP) is 3.08. The lowest BCUT2D eigenvalue weighted by Crippen LogP contribution is -2.51. The molecule has 2 atom stereocenters. The predicted molar refractivity (Wildman–Crippen MR) is 74.0 cm³/mol. The molecule has 3 rings (SSSR count). The lowest BCUT2D eigenvalue weighted by molar-refractivity contribution is 0.0972. The van der Waals surface area contributed by atoms with E-state index in [-0.39, 0.29) is 0 Å². The smallest absolute Gasteiger partial charge is 0.115 e. The molecule has 0 radical (unpaired) electrons. The van der Waals surface area contributed by atoms with E-state index in [1.807, 2.05) is 12.1 Å². The average molecular weight is 245 g/mol. The van der Waals surface area contributed by atoms with E-state index in [1.54, 1.807) is 0 Å². The Morgan fingerprint density at radius 2 is 2.28 bits per heavy atom. The molecular formula is C16H23NO. The number of benzene rings is 1. The number of likely N-dealkylation sites (tertiary alicyclic amines) is 1. The Labute approximate surface area is 110 Å². The van der Waals surface area contributed by atoms with Crippen LogP contribution >= 0.6 is 0 Å². The second-order valence-corrected chi connectivity index (χ2v) is 6.16. The Hall–Kier alpha value is -1.02. The molecule has 0 amide bonds. The van der Waals surface area contributed by atoms with Crippen molar-refractivity contribution in [3.8, 4) is 5.75 Å². The zero-order valence-electron chi connectivity index (χ0n) is 11.4. The first-order valence-electron chi connectivity index (χ1n) is 7.17. The molecule has 98 valence electrons. The van der Waals surface area contributed by atoms with Crippen LogP contribution in [0.25, 0.3) is 0 Å². The summed E-state index contributed by atoms with van der Waals surface area (Å²) >= 11 is 0. The number of nitrogens with zero attached hydrogens (tertiary/aromatic N) is 1. The third kappa shape index (κ3) is 1.74. The number of phenols is 1. The first kappa shape index (κ1) is 12.0. The van der Waals surface area contributed by atoms with E-state index in [0.29, 0.717) is 17.2 Å². The van der Waals surface area contributed by atoms with E-state index in [9.17, 15) is 5.11 Å². The summed E-state index contributed by atoms with van der Waals surface area (Å²) in [7, 11) is 2.26. The topological polar surface area (TPSA) is 23.5 Å². The number of rotatable bonds is 2. The molecule has 0 spiro atoms. The lowest BCUT2D eigenvalue weighted by Gasteiger charge is -2.50. The molecule has 2 heteroatoms. The molecule has 1 aliphatic carbocycles. The fraction of sp³-hybridized carbons (Fsp3) is 0.625. The van der Waals surface area contributed by atoms with Crippen LogP contribution < -0.4 is 0 Å². The maximum absolute atomic E-state index is 9.81. The van der Waals surface area contributed by atoms with Crippen molar-refractivity contribution < 1.29 is 5.11 Å². The molecule has 1 saturated heterocycles. The van der Waals surface area contributed by atoms with Gasteiger partial charge in [-0.05, 0) is 68.0 Å². The van der Waals surface area contributed by atoms with Gasteiger partial charge in [0.05, 0.1) is 0 Å². The number of likely N-dealkylation sites (N-methyl/N-ethyl adjacent to an activating group) is 1. The minimum Gasteiger partial charge on any atom is -0.508 e. The third-order valence-electron chi connectivity index (χ3n) is 5.04. The van der Waals surface area contributed by atoms with Crippen LogP contribution in [-0.2, 0) is 11.8 Å². The highest BCUT2D eigenvalue weighted by Crippen LogP contribution is 2.48. The van der Waals surface area contributed by atoms with Gasteiger partial charge in [-0.15, -0.1) is 0 Å². The molecule has 1 N–H and O–H groups in total. The van der Waals surface area contributed by atoms with Crippen molar-refractivity contribution in [1.29, 1.82) is 0 Å². The van der Waals surface area contributed by atoms with Gasteiger partial charge in [-0.25, -0.2) is 0 Å². The van der Waals surface area contributed by atoms with Gasteiger partial charge < -0.3 is 10.0 Å². The summed E-state index contributed by atoms with van der Waals surface area (Å²) in [4.78, 5) is 2.52. The highest BCUT2D eigenvalue weighted by atomic mass is 16.3. The Balaban J connectivity index is 2.09. The Bertz CT molecular complexity index is 456. The highest BCUT2D eigenvalue weighted by molar-refractivity contribution is 5.43. The number of fused-ring (bicyclic) bond motifs is 4. The van der Waals surface area contributed by atoms with Gasteiger partial charge in [0, 0.05) is 6.04 Å². The molecule has 1 aromatic rings. The van der Waals surface area contributed by atoms with Gasteiger partial charge in [0.2, 0.25) is 0 Å². The van der Waals surface area contributed by atoms with Crippen LogP contribution in [-0.4, -0.2) is 29.6 Å². The summed E-state index contributed by atoms with van der Waals surface area (Å²) in [5, 5.41) is 9.81. The number of piperidine rings is 1. The van der Waals surface area contributed by atoms with Crippen molar-refractivity contribution in [3.63, 3.8) is 0 Å². The summed E-state index contributed by atoms with van der Waals surface area (Å²) in [6.07, 6.45) is 6.15. The Morgan fingerprint density at radius 3 is 3.06 bits per heavy atom. The van der Waals surface area contributed by atoms with Crippen LogP contribution in [0.3, 0.4) is 0 Å². The number of hydrogen-bond acceptors (Lipinski definition) is 2. The summed E-state index contributed by atoms with van der Waals surface area (Å²) < 4.78 is 0. The molecule has 1 fully saturated rings. The molecule has 2 nitrogen and oxygen atoms in total. The minimum atomic E-state index is 0.332. The van der Waals surface area contributed by atoms with E-state index in [2.05, 4.69) is 24.9 Å². The van der Waals surface area contributed by atoms with Crippen molar-refractivity contribution in [2.24, 2.45) is 0 Å². The molecule has 0 saturated carbocycles. The number of phenolic OH excluding ortho intramolecular Hbond substituents is 1.